The van der Waals surface area contributed by atoms with E-state index in [1.165, 1.54) is 21.0 Å². The molecular formula is C74H113N17O20. The summed E-state index contributed by atoms with van der Waals surface area (Å²) < 4.78 is 6.04. The van der Waals surface area contributed by atoms with Gasteiger partial charge < -0.3 is 111 Å². The van der Waals surface area contributed by atoms with Crippen LogP contribution in [0.25, 0.3) is 10.9 Å². The van der Waals surface area contributed by atoms with Crippen LogP contribution in [-0.2, 0) is 94.3 Å². The van der Waals surface area contributed by atoms with E-state index in [0.717, 1.165) is 9.80 Å². The first kappa shape index (κ1) is 92.7. The van der Waals surface area contributed by atoms with Crippen LogP contribution in [0.1, 0.15) is 143 Å². The number of aliphatic hydroxyl groups excluding tert-OH is 2. The van der Waals surface area contributed by atoms with Crippen molar-refractivity contribution in [1.82, 2.24) is 68.0 Å². The Labute approximate surface area is 644 Å². The molecule has 3 aromatic rings. The maximum Gasteiger partial charge on any atom is 0.329 e. The normalized spacial score (nSPS) is 24.6. The largest absolute Gasteiger partial charge is 0.481 e. The fourth-order valence-corrected chi connectivity index (χ4v) is 12.5. The number of nitrogens with one attached hydrogen (secondary N) is 11. The number of aromatic nitrogens is 1. The highest BCUT2D eigenvalue weighted by atomic mass is 16.5. The number of aliphatic carboxylic acids is 1. The third kappa shape index (κ3) is 30.3. The Morgan fingerprint density at radius 3 is 1.52 bits per heavy atom. The number of amides is 14. The van der Waals surface area contributed by atoms with Crippen molar-refractivity contribution in [2.45, 2.75) is 223 Å². The van der Waals surface area contributed by atoms with E-state index in [4.69, 9.17) is 27.7 Å². The number of hydrogen-bond donors (Lipinski definition) is 18. The number of carboxylic acids is 1. The van der Waals surface area contributed by atoms with E-state index in [9.17, 15) is 87.2 Å². The van der Waals surface area contributed by atoms with Crippen molar-refractivity contribution < 1.29 is 96.8 Å². The minimum absolute atomic E-state index is 0.00955. The Kier molecular flexibility index (Phi) is 38.5. The van der Waals surface area contributed by atoms with Gasteiger partial charge in [-0.1, -0.05) is 96.5 Å². The molecule has 37 nitrogen and oxygen atoms in total. The molecule has 1 aliphatic rings. The number of carbonyl (C=O) groups excluding carboxylic acids is 15. The third-order valence-corrected chi connectivity index (χ3v) is 18.5. The minimum Gasteiger partial charge on any atom is -0.481 e. The van der Waals surface area contributed by atoms with Gasteiger partial charge in [0.1, 0.15) is 78.6 Å². The third-order valence-electron chi connectivity index (χ3n) is 18.5. The Morgan fingerprint density at radius 2 is 0.982 bits per heavy atom. The molecular weight excluding hydrogens is 1450 g/mol. The predicted octanol–water partition coefficient (Wildman–Crippen LogP) is -3.60. The SMILES string of the molecule is CC(C)CCC[C@@H]1CC(=O)N[C@@H](CO)C(=O)N[C@H](CC(N)=O)C(=O)N[C@@H](CO)C(=O)N[C@@H](C)C(=O)N(C)[C@H](Cc2ccccc2)C(=O)N[C@@H](CC(C)C)C(=O)N[C@H](CCCN)C(=O)N[C@@H](CCC(=O)O)C(=O)N[C@H](CC(N)=O)C(=O)N[C@H](Cc2c[nH]c3ccccc23)C(=O)N[C@H](CCCN)C(=O)N(C)[C@@H](C(C)C)C(=O)O1. The zero-order valence-corrected chi connectivity index (χ0v) is 64.4. The summed E-state index contributed by atoms with van der Waals surface area (Å²) in [6.45, 7) is 9.35. The summed E-state index contributed by atoms with van der Waals surface area (Å²) in [6.07, 6.45) is -3.54. The van der Waals surface area contributed by atoms with Crippen molar-refractivity contribution in [2.75, 3.05) is 40.4 Å². The molecule has 2 heterocycles. The lowest BCUT2D eigenvalue weighted by Gasteiger charge is -2.34. The standard InChI is InChI=1S/C74H113N17O20/c1-39(2)18-15-21-45-33-60(96)81-55(37-92)70(106)87-54(35-59(78)95)68(104)89-56(38-93)69(105)80-42(7)72(108)90(8)57(31-43-19-11-10-12-20-43)71(107)88-51(30-40(3)4)65(101)82-48(24-16-28-75)63(99)83-49(26-27-61(97)98)64(100)86-53(34-58(77)94)67(103)85-52(32-44-36-79-47-23-14-13-22-46(44)47)66(102)84-50(25-17-29-76)73(109)91(9)62(41(5)6)74(110)111-45/h10-14,19-20,22-23,36,39-42,45,48-57,62,79,92-93H,15-18,21,24-35,37-38,75-76H2,1-9H3,(H2,77,94)(H2,78,95)(H,80,105)(H,81,96)(H,82,101)(H,83,99)(H,84,102)(H,85,103)(H,86,100)(H,87,106)(H,88,107)(H,89,104)(H,97,98)/t42-,45+,48+,49-,50+,51-,52+,53+,54+,55-,56-,57+,62-/m0/s1. The average Bonchev–Trinajstić information content (AvgIpc) is 1.78. The smallest absolute Gasteiger partial charge is 0.329 e. The molecule has 14 amide bonds. The molecule has 1 saturated heterocycles. The highest BCUT2D eigenvalue weighted by Gasteiger charge is 2.41. The average molecular weight is 1560 g/mol. The van der Waals surface area contributed by atoms with Gasteiger partial charge in [-0.3, -0.25) is 71.9 Å². The summed E-state index contributed by atoms with van der Waals surface area (Å²) in [6, 6.07) is -5.08. The molecule has 37 heteroatoms. The van der Waals surface area contributed by atoms with Gasteiger partial charge in [0.05, 0.1) is 32.5 Å². The van der Waals surface area contributed by atoms with E-state index in [-0.39, 0.29) is 76.3 Å². The number of carbonyl (C=O) groups is 16. The molecule has 1 fully saturated rings. The zero-order valence-electron chi connectivity index (χ0n) is 64.4. The lowest BCUT2D eigenvalue weighted by Crippen LogP contribution is -2.61. The number of esters is 1. The maximum absolute atomic E-state index is 15.1. The zero-order chi connectivity index (χ0) is 82.9. The molecule has 111 heavy (non-hydrogen) atoms. The number of aliphatic hydroxyl groups is 2. The topological polar surface area (TPSA) is 590 Å². The number of primary amides is 2. The van der Waals surface area contributed by atoms with Gasteiger partial charge in [0.15, 0.2) is 0 Å². The fourth-order valence-electron chi connectivity index (χ4n) is 12.5. The lowest BCUT2D eigenvalue weighted by atomic mass is 9.99. The summed E-state index contributed by atoms with van der Waals surface area (Å²) in [5.74, 6) is -18.7. The monoisotopic (exact) mass is 1560 g/mol. The molecule has 13 atom stereocenters. The summed E-state index contributed by atoms with van der Waals surface area (Å²) in [5.41, 5.74) is 24.6. The summed E-state index contributed by atoms with van der Waals surface area (Å²) >= 11 is 0. The first-order chi connectivity index (χ1) is 52.4. The van der Waals surface area contributed by atoms with E-state index in [1.54, 1.807) is 88.5 Å². The molecule has 1 aromatic heterocycles. The molecule has 2 aromatic carbocycles. The lowest BCUT2D eigenvalue weighted by molar-refractivity contribution is -0.162. The Hall–Kier alpha value is -10.7. The molecule has 0 spiro atoms. The van der Waals surface area contributed by atoms with E-state index >= 15 is 4.79 Å². The van der Waals surface area contributed by atoms with Gasteiger partial charge in [0.2, 0.25) is 82.7 Å². The summed E-state index contributed by atoms with van der Waals surface area (Å²) in [7, 11) is 2.49. The van der Waals surface area contributed by atoms with Gasteiger partial charge in [0, 0.05) is 50.5 Å². The summed E-state index contributed by atoms with van der Waals surface area (Å²) in [4.78, 5) is 231. The van der Waals surface area contributed by atoms with Crippen LogP contribution in [0.2, 0.25) is 0 Å². The van der Waals surface area contributed by atoms with Crippen molar-refractivity contribution >= 4 is 106 Å². The first-order valence-corrected chi connectivity index (χ1v) is 37.2. The van der Waals surface area contributed by atoms with Crippen LogP contribution in [0.5, 0.6) is 0 Å². The number of hydrogen-bond acceptors (Lipinski definition) is 21. The number of likely N-dealkylation sites (N-methyl/N-ethyl adjacent to an activating group) is 2. The van der Waals surface area contributed by atoms with Crippen LogP contribution in [0.15, 0.2) is 60.8 Å². The molecule has 614 valence electrons. The number of nitrogens with zero attached hydrogens (tertiary/aromatic N) is 2. The molecule has 1 aliphatic heterocycles. The second-order valence-electron chi connectivity index (χ2n) is 28.9. The van der Waals surface area contributed by atoms with E-state index < -0.39 is 224 Å². The van der Waals surface area contributed by atoms with Gasteiger partial charge in [-0.15, -0.1) is 0 Å². The number of cyclic esters (lactones) is 1. The predicted molar refractivity (Wildman–Crippen MR) is 403 cm³/mol. The number of benzene rings is 2. The van der Waals surface area contributed by atoms with Crippen molar-refractivity contribution in [3.05, 3.63) is 71.9 Å². The van der Waals surface area contributed by atoms with Crippen LogP contribution in [0, 0.1) is 17.8 Å². The van der Waals surface area contributed by atoms with Crippen LogP contribution < -0.4 is 76.1 Å². The number of ether oxygens (including phenoxy) is 1. The highest BCUT2D eigenvalue weighted by Crippen LogP contribution is 2.23. The molecule has 0 aliphatic carbocycles. The molecule has 22 N–H and O–H groups in total. The number of carboxylic acid groups (broad SMARTS) is 1. The van der Waals surface area contributed by atoms with Gasteiger partial charge >= 0.3 is 11.9 Å². The molecule has 4 rings (SSSR count). The second-order valence-corrected chi connectivity index (χ2v) is 28.9. The number of aromatic amines is 1. The van der Waals surface area contributed by atoms with Crippen LogP contribution in [-0.4, -0.2) is 244 Å². The van der Waals surface area contributed by atoms with E-state index in [0.29, 0.717) is 34.9 Å². The second kappa shape index (κ2) is 46.1. The van der Waals surface area contributed by atoms with Gasteiger partial charge in [-0.25, -0.2) is 4.79 Å². The van der Waals surface area contributed by atoms with Crippen molar-refractivity contribution in [2.24, 2.45) is 40.7 Å². The minimum atomic E-state index is -1.97. The molecule has 0 saturated carbocycles. The van der Waals surface area contributed by atoms with Crippen LogP contribution >= 0.6 is 0 Å². The Balaban J connectivity index is 1.92. The number of fused-ring (bicyclic) bond motifs is 1. The van der Waals surface area contributed by atoms with Crippen molar-refractivity contribution in [3.8, 4) is 0 Å². The van der Waals surface area contributed by atoms with Crippen LogP contribution in [0.4, 0.5) is 0 Å². The quantitative estimate of drug-likeness (QED) is 0.0345. The Morgan fingerprint density at radius 1 is 0.514 bits per heavy atom. The van der Waals surface area contributed by atoms with Crippen molar-refractivity contribution in [1.29, 1.82) is 0 Å². The maximum atomic E-state index is 15.1. The number of rotatable bonds is 26. The van der Waals surface area contributed by atoms with Crippen LogP contribution in [0.3, 0.4) is 0 Å². The molecule has 0 bridgehead atoms. The molecule has 0 radical (unpaired) electrons. The highest BCUT2D eigenvalue weighted by molar-refractivity contribution is 6.01. The van der Waals surface area contributed by atoms with Gasteiger partial charge in [0.25, 0.3) is 0 Å². The van der Waals surface area contributed by atoms with Gasteiger partial charge in [-0.05, 0) is 106 Å². The van der Waals surface area contributed by atoms with Gasteiger partial charge in [-0.2, -0.15) is 0 Å². The number of nitrogens with two attached hydrogens (primary N) is 4. The van der Waals surface area contributed by atoms with E-state index in [2.05, 4.69) is 58.2 Å². The number of para-hydroxylation sites is 1. The van der Waals surface area contributed by atoms with Crippen molar-refractivity contribution in [3.63, 3.8) is 0 Å². The number of H-pyrrole nitrogens is 1. The summed E-state index contributed by atoms with van der Waals surface area (Å²) in [5, 5.41) is 55.9. The molecule has 0 unspecified atom stereocenters. The first-order valence-electron chi connectivity index (χ1n) is 37.2. The fraction of sp³-hybridized carbons (Fsp3) is 0.595. The Bertz CT molecular complexity index is 3710. The van der Waals surface area contributed by atoms with E-state index in [1.807, 2.05) is 13.8 Å².